The number of hydrogen-bond acceptors (Lipinski definition) is 2. The Kier molecular flexibility index (Phi) is 2.87. The summed E-state index contributed by atoms with van der Waals surface area (Å²) >= 11 is 0. The lowest BCUT2D eigenvalue weighted by molar-refractivity contribution is 0.690. The number of hydrogen-bond donors (Lipinski definition) is 3. The van der Waals surface area contributed by atoms with Crippen LogP contribution in [0.3, 0.4) is 0 Å². The Hall–Kier alpha value is -2.07. The van der Waals surface area contributed by atoms with Gasteiger partial charge in [0, 0.05) is 22.8 Å². The molecule has 0 aliphatic heterocycles. The number of benzene rings is 1. The molecule has 3 rings (SSSR count). The van der Waals surface area contributed by atoms with Gasteiger partial charge in [-0.2, -0.15) is 5.10 Å². The molecule has 0 aliphatic carbocycles. The summed E-state index contributed by atoms with van der Waals surface area (Å²) in [6, 6.07) is 8.20. The molecule has 0 fully saturated rings. The van der Waals surface area contributed by atoms with Crippen molar-refractivity contribution in [2.75, 3.05) is 0 Å². The molecule has 4 nitrogen and oxygen atoms in total. The van der Waals surface area contributed by atoms with E-state index in [2.05, 4.69) is 40.3 Å². The molecule has 19 heavy (non-hydrogen) atoms. The first kappa shape index (κ1) is 12.0. The van der Waals surface area contributed by atoms with Gasteiger partial charge in [0.05, 0.1) is 11.7 Å². The molecule has 0 saturated carbocycles. The largest absolute Gasteiger partial charge is 0.361 e. The van der Waals surface area contributed by atoms with Gasteiger partial charge in [0.2, 0.25) is 0 Å². The average Bonchev–Trinajstić information content (AvgIpc) is 2.96. The van der Waals surface area contributed by atoms with E-state index in [4.69, 9.17) is 5.73 Å². The third kappa shape index (κ3) is 2.04. The maximum Gasteiger partial charge on any atom is 0.0824 e. The number of para-hydroxylation sites is 1. The van der Waals surface area contributed by atoms with Crippen LogP contribution in [0, 0.1) is 13.8 Å². The predicted molar refractivity (Wildman–Crippen MR) is 77.0 cm³/mol. The minimum Gasteiger partial charge on any atom is -0.361 e. The van der Waals surface area contributed by atoms with Gasteiger partial charge in [-0.05, 0) is 37.5 Å². The first-order valence-electron chi connectivity index (χ1n) is 6.49. The van der Waals surface area contributed by atoms with Gasteiger partial charge in [0.15, 0.2) is 0 Å². The van der Waals surface area contributed by atoms with Crippen molar-refractivity contribution < 1.29 is 0 Å². The SMILES string of the molecule is Cc1[nH]nc(C(N)Cc2c[nH]c3ccccc23)c1C. The Morgan fingerprint density at radius 3 is 2.79 bits per heavy atom. The molecular weight excluding hydrogens is 236 g/mol. The van der Waals surface area contributed by atoms with Gasteiger partial charge < -0.3 is 10.7 Å². The molecule has 0 spiro atoms. The molecule has 2 aromatic heterocycles. The molecule has 2 heterocycles. The Morgan fingerprint density at radius 2 is 2.05 bits per heavy atom. The van der Waals surface area contributed by atoms with Crippen molar-refractivity contribution in [1.29, 1.82) is 0 Å². The summed E-state index contributed by atoms with van der Waals surface area (Å²) in [7, 11) is 0. The zero-order chi connectivity index (χ0) is 13.4. The van der Waals surface area contributed by atoms with E-state index in [0.29, 0.717) is 0 Å². The van der Waals surface area contributed by atoms with Crippen molar-refractivity contribution in [3.63, 3.8) is 0 Å². The van der Waals surface area contributed by atoms with E-state index in [1.54, 1.807) is 0 Å². The third-order valence-corrected chi connectivity index (χ3v) is 3.76. The zero-order valence-electron chi connectivity index (χ0n) is 11.2. The van der Waals surface area contributed by atoms with Crippen molar-refractivity contribution >= 4 is 10.9 Å². The summed E-state index contributed by atoms with van der Waals surface area (Å²) in [5.74, 6) is 0. The molecule has 3 aromatic rings. The smallest absolute Gasteiger partial charge is 0.0824 e. The Bertz CT molecular complexity index is 708. The molecule has 98 valence electrons. The maximum atomic E-state index is 6.30. The number of fused-ring (bicyclic) bond motifs is 1. The van der Waals surface area contributed by atoms with Gasteiger partial charge in [0.1, 0.15) is 0 Å². The van der Waals surface area contributed by atoms with Crippen LogP contribution >= 0.6 is 0 Å². The van der Waals surface area contributed by atoms with Gasteiger partial charge in [-0.3, -0.25) is 5.10 Å². The van der Waals surface area contributed by atoms with Crippen LogP contribution in [-0.4, -0.2) is 15.2 Å². The number of nitrogens with zero attached hydrogens (tertiary/aromatic N) is 1. The highest BCUT2D eigenvalue weighted by Crippen LogP contribution is 2.24. The molecule has 1 atom stereocenters. The van der Waals surface area contributed by atoms with E-state index in [-0.39, 0.29) is 6.04 Å². The van der Waals surface area contributed by atoms with E-state index < -0.39 is 0 Å². The standard InChI is InChI=1S/C15H18N4/c1-9-10(2)18-19-15(9)13(16)7-11-8-17-14-6-4-3-5-12(11)14/h3-6,8,13,17H,7,16H2,1-2H3,(H,18,19). The first-order chi connectivity index (χ1) is 9.16. The topological polar surface area (TPSA) is 70.5 Å². The molecular formula is C15H18N4. The van der Waals surface area contributed by atoms with E-state index in [9.17, 15) is 0 Å². The molecule has 0 bridgehead atoms. The third-order valence-electron chi connectivity index (χ3n) is 3.76. The van der Waals surface area contributed by atoms with Crippen LogP contribution in [0.5, 0.6) is 0 Å². The van der Waals surface area contributed by atoms with Crippen molar-refractivity contribution in [1.82, 2.24) is 15.2 Å². The molecule has 0 aliphatic rings. The van der Waals surface area contributed by atoms with Crippen LogP contribution in [0.1, 0.15) is 28.6 Å². The molecule has 0 radical (unpaired) electrons. The lowest BCUT2D eigenvalue weighted by Crippen LogP contribution is -2.14. The minimum absolute atomic E-state index is 0.0795. The molecule has 0 saturated heterocycles. The van der Waals surface area contributed by atoms with Gasteiger partial charge in [-0.1, -0.05) is 18.2 Å². The fraction of sp³-hybridized carbons (Fsp3) is 0.267. The quantitative estimate of drug-likeness (QED) is 0.672. The van der Waals surface area contributed by atoms with Crippen molar-refractivity contribution in [2.45, 2.75) is 26.3 Å². The average molecular weight is 254 g/mol. The lowest BCUT2D eigenvalue weighted by atomic mass is 10.0. The number of aromatic amines is 2. The Morgan fingerprint density at radius 1 is 1.26 bits per heavy atom. The van der Waals surface area contributed by atoms with Crippen LogP contribution in [-0.2, 0) is 6.42 Å². The predicted octanol–water partition coefficient (Wildman–Crippen LogP) is 2.75. The number of nitrogens with one attached hydrogen (secondary N) is 2. The van der Waals surface area contributed by atoms with E-state index in [0.717, 1.165) is 28.9 Å². The van der Waals surface area contributed by atoms with Crippen LogP contribution in [0.15, 0.2) is 30.5 Å². The summed E-state index contributed by atoms with van der Waals surface area (Å²) in [4.78, 5) is 3.28. The highest BCUT2D eigenvalue weighted by atomic mass is 15.1. The number of H-pyrrole nitrogens is 2. The zero-order valence-corrected chi connectivity index (χ0v) is 11.2. The number of rotatable bonds is 3. The van der Waals surface area contributed by atoms with E-state index in [1.807, 2.05) is 19.2 Å². The fourth-order valence-electron chi connectivity index (χ4n) is 2.50. The Balaban J connectivity index is 1.91. The lowest BCUT2D eigenvalue weighted by Gasteiger charge is -2.09. The fourth-order valence-corrected chi connectivity index (χ4v) is 2.50. The number of nitrogens with two attached hydrogens (primary N) is 1. The van der Waals surface area contributed by atoms with Gasteiger partial charge in [-0.15, -0.1) is 0 Å². The van der Waals surface area contributed by atoms with Crippen molar-refractivity contribution in [3.05, 3.63) is 53.0 Å². The molecule has 0 amide bonds. The summed E-state index contributed by atoms with van der Waals surface area (Å²) in [5, 5.41) is 8.55. The second kappa shape index (κ2) is 4.55. The van der Waals surface area contributed by atoms with Crippen LogP contribution in [0.4, 0.5) is 0 Å². The van der Waals surface area contributed by atoms with Crippen LogP contribution in [0.2, 0.25) is 0 Å². The highest BCUT2D eigenvalue weighted by Gasteiger charge is 2.16. The highest BCUT2D eigenvalue weighted by molar-refractivity contribution is 5.83. The van der Waals surface area contributed by atoms with Crippen molar-refractivity contribution in [3.8, 4) is 0 Å². The number of aromatic nitrogens is 3. The van der Waals surface area contributed by atoms with E-state index in [1.165, 1.54) is 10.9 Å². The second-order valence-corrected chi connectivity index (χ2v) is 5.03. The van der Waals surface area contributed by atoms with Crippen LogP contribution in [0.25, 0.3) is 10.9 Å². The van der Waals surface area contributed by atoms with Gasteiger partial charge >= 0.3 is 0 Å². The first-order valence-corrected chi connectivity index (χ1v) is 6.49. The van der Waals surface area contributed by atoms with Gasteiger partial charge in [0.25, 0.3) is 0 Å². The van der Waals surface area contributed by atoms with Gasteiger partial charge in [-0.25, -0.2) is 0 Å². The molecule has 4 heteroatoms. The second-order valence-electron chi connectivity index (χ2n) is 5.03. The summed E-state index contributed by atoms with van der Waals surface area (Å²) in [5.41, 5.74) is 11.9. The van der Waals surface area contributed by atoms with Crippen molar-refractivity contribution in [2.24, 2.45) is 5.73 Å². The molecule has 4 N–H and O–H groups in total. The summed E-state index contributed by atoms with van der Waals surface area (Å²) in [6.07, 6.45) is 2.83. The maximum absolute atomic E-state index is 6.30. The molecule has 1 aromatic carbocycles. The monoisotopic (exact) mass is 254 g/mol. The summed E-state index contributed by atoms with van der Waals surface area (Å²) < 4.78 is 0. The van der Waals surface area contributed by atoms with Crippen LogP contribution < -0.4 is 5.73 Å². The van der Waals surface area contributed by atoms with E-state index >= 15 is 0 Å². The minimum atomic E-state index is -0.0795. The Labute approximate surface area is 112 Å². The molecule has 1 unspecified atom stereocenters. The normalized spacial score (nSPS) is 13.0. The summed E-state index contributed by atoms with van der Waals surface area (Å²) in [6.45, 7) is 4.08. The number of aryl methyl sites for hydroxylation is 1.